The minimum atomic E-state index is -0.265. The average Bonchev–Trinajstić information content (AvgIpc) is 2.78. The molecule has 0 heterocycles. The van der Waals surface area contributed by atoms with Gasteiger partial charge in [0, 0.05) is 6.07 Å². The van der Waals surface area contributed by atoms with Crippen LogP contribution in [0.1, 0.15) is 24.1 Å². The Kier molecular flexibility index (Phi) is 6.91. The first-order valence-electron chi connectivity index (χ1n) is 9.42. The molecule has 1 unspecified atom stereocenters. The van der Waals surface area contributed by atoms with E-state index >= 15 is 0 Å². The maximum absolute atomic E-state index is 12.3. The van der Waals surface area contributed by atoms with Crippen LogP contribution in [0.3, 0.4) is 0 Å². The second-order valence-electron chi connectivity index (χ2n) is 6.54. The second-order valence-corrected chi connectivity index (χ2v) is 6.54. The number of methoxy groups -OCH3 is 1. The van der Waals surface area contributed by atoms with Crippen LogP contribution in [-0.4, -0.2) is 19.6 Å². The molecule has 152 valence electrons. The van der Waals surface area contributed by atoms with Crippen LogP contribution in [0.15, 0.2) is 72.8 Å². The van der Waals surface area contributed by atoms with Crippen LogP contribution in [0.2, 0.25) is 0 Å². The number of carbonyl (C=O) groups is 1. The maximum atomic E-state index is 12.3. The predicted molar refractivity (Wildman–Crippen MR) is 113 cm³/mol. The predicted octanol–water partition coefficient (Wildman–Crippen LogP) is 4.62. The van der Waals surface area contributed by atoms with Crippen molar-refractivity contribution in [3.63, 3.8) is 0 Å². The maximum Gasteiger partial charge on any atom is 0.258 e. The standard InChI is InChI=1S/C24H22N2O4/c1-17(19-9-11-21(12-10-19)30-20-6-4-3-5-7-20)26-24(27)16-29-22-13-8-18(15-25)14-23(22)28-2/h3-14,17H,16H2,1-2H3,(H,26,27). The first kappa shape index (κ1) is 20.7. The van der Waals surface area contributed by atoms with Crippen LogP contribution in [-0.2, 0) is 4.79 Å². The van der Waals surface area contributed by atoms with Gasteiger partial charge in [-0.25, -0.2) is 0 Å². The zero-order valence-electron chi connectivity index (χ0n) is 16.8. The molecule has 0 radical (unpaired) electrons. The fraction of sp³-hybridized carbons (Fsp3) is 0.167. The largest absolute Gasteiger partial charge is 0.493 e. The van der Waals surface area contributed by atoms with Crippen molar-refractivity contribution in [1.82, 2.24) is 5.32 Å². The van der Waals surface area contributed by atoms with E-state index in [1.54, 1.807) is 18.2 Å². The fourth-order valence-corrected chi connectivity index (χ4v) is 2.82. The van der Waals surface area contributed by atoms with E-state index in [2.05, 4.69) is 5.32 Å². The summed E-state index contributed by atoms with van der Waals surface area (Å²) in [5.74, 6) is 2.03. The summed E-state index contributed by atoms with van der Waals surface area (Å²) in [5, 5.41) is 11.8. The summed E-state index contributed by atoms with van der Waals surface area (Å²) < 4.78 is 16.5. The number of hydrogen-bond acceptors (Lipinski definition) is 5. The molecule has 0 fully saturated rings. The van der Waals surface area contributed by atoms with Gasteiger partial charge in [-0.05, 0) is 48.9 Å². The highest BCUT2D eigenvalue weighted by Gasteiger charge is 2.12. The monoisotopic (exact) mass is 402 g/mol. The van der Waals surface area contributed by atoms with E-state index in [0.717, 1.165) is 17.1 Å². The minimum absolute atomic E-state index is 0.165. The summed E-state index contributed by atoms with van der Waals surface area (Å²) >= 11 is 0. The van der Waals surface area contributed by atoms with Crippen molar-refractivity contribution in [2.24, 2.45) is 0 Å². The molecular formula is C24H22N2O4. The number of nitriles is 1. The van der Waals surface area contributed by atoms with Crippen LogP contribution >= 0.6 is 0 Å². The van der Waals surface area contributed by atoms with Crippen molar-refractivity contribution in [2.75, 3.05) is 13.7 Å². The van der Waals surface area contributed by atoms with Crippen molar-refractivity contribution < 1.29 is 19.0 Å². The molecule has 1 atom stereocenters. The highest BCUT2D eigenvalue weighted by Crippen LogP contribution is 2.28. The van der Waals surface area contributed by atoms with Gasteiger partial charge in [0.15, 0.2) is 18.1 Å². The molecule has 30 heavy (non-hydrogen) atoms. The second kappa shape index (κ2) is 9.99. The fourth-order valence-electron chi connectivity index (χ4n) is 2.82. The van der Waals surface area contributed by atoms with Gasteiger partial charge in [-0.2, -0.15) is 5.26 Å². The number of carbonyl (C=O) groups excluding carboxylic acids is 1. The van der Waals surface area contributed by atoms with E-state index in [1.807, 2.05) is 67.6 Å². The van der Waals surface area contributed by atoms with Gasteiger partial charge in [-0.1, -0.05) is 30.3 Å². The van der Waals surface area contributed by atoms with Crippen molar-refractivity contribution in [3.8, 4) is 29.1 Å². The first-order chi connectivity index (χ1) is 14.6. The summed E-state index contributed by atoms with van der Waals surface area (Å²) in [6.45, 7) is 1.73. The van der Waals surface area contributed by atoms with Gasteiger partial charge in [-0.15, -0.1) is 0 Å². The summed E-state index contributed by atoms with van der Waals surface area (Å²) in [5.41, 5.74) is 1.40. The Morgan fingerprint density at radius 2 is 1.70 bits per heavy atom. The summed E-state index contributed by atoms with van der Waals surface area (Å²) in [6, 6.07) is 23.7. The molecule has 6 nitrogen and oxygen atoms in total. The molecule has 1 amide bonds. The summed E-state index contributed by atoms with van der Waals surface area (Å²) in [6.07, 6.45) is 0. The van der Waals surface area contributed by atoms with Crippen molar-refractivity contribution in [2.45, 2.75) is 13.0 Å². The van der Waals surface area contributed by atoms with Crippen LogP contribution in [0, 0.1) is 11.3 Å². The molecule has 3 aromatic carbocycles. The molecule has 0 saturated heterocycles. The van der Waals surface area contributed by atoms with E-state index in [4.69, 9.17) is 19.5 Å². The molecule has 0 bridgehead atoms. The Labute approximate surface area is 175 Å². The highest BCUT2D eigenvalue weighted by atomic mass is 16.5. The van der Waals surface area contributed by atoms with Crippen molar-refractivity contribution >= 4 is 5.91 Å². The Morgan fingerprint density at radius 3 is 2.37 bits per heavy atom. The minimum Gasteiger partial charge on any atom is -0.493 e. The third-order valence-corrected chi connectivity index (χ3v) is 4.39. The smallest absolute Gasteiger partial charge is 0.258 e. The molecule has 0 saturated carbocycles. The number of rotatable bonds is 8. The molecule has 0 aliphatic carbocycles. The SMILES string of the molecule is COc1cc(C#N)ccc1OCC(=O)NC(C)c1ccc(Oc2ccccc2)cc1. The zero-order valence-corrected chi connectivity index (χ0v) is 16.8. The van der Waals surface area contributed by atoms with Crippen LogP contribution in [0.5, 0.6) is 23.0 Å². The van der Waals surface area contributed by atoms with E-state index in [0.29, 0.717) is 17.1 Å². The molecular weight excluding hydrogens is 380 g/mol. The molecule has 1 N–H and O–H groups in total. The molecule has 0 aromatic heterocycles. The molecule has 0 aliphatic heterocycles. The van der Waals surface area contributed by atoms with Crippen molar-refractivity contribution in [1.29, 1.82) is 5.26 Å². The lowest BCUT2D eigenvalue weighted by molar-refractivity contribution is -0.123. The third-order valence-electron chi connectivity index (χ3n) is 4.39. The molecule has 6 heteroatoms. The Hall–Kier alpha value is -3.98. The van der Waals surface area contributed by atoms with Crippen LogP contribution in [0.25, 0.3) is 0 Å². The van der Waals surface area contributed by atoms with Crippen molar-refractivity contribution in [3.05, 3.63) is 83.9 Å². The quantitative estimate of drug-likeness (QED) is 0.595. The van der Waals surface area contributed by atoms with Gasteiger partial charge >= 0.3 is 0 Å². The number of amides is 1. The number of nitrogens with zero attached hydrogens (tertiary/aromatic N) is 1. The van der Waals surface area contributed by atoms with E-state index in [9.17, 15) is 4.79 Å². The number of para-hydroxylation sites is 1. The lowest BCUT2D eigenvalue weighted by Gasteiger charge is -2.16. The Bertz CT molecular complexity index is 1030. The normalized spacial score (nSPS) is 11.1. The number of benzene rings is 3. The zero-order chi connectivity index (χ0) is 21.3. The first-order valence-corrected chi connectivity index (χ1v) is 9.42. The van der Waals surface area contributed by atoms with Gasteiger partial charge in [0.25, 0.3) is 5.91 Å². The molecule has 0 spiro atoms. The molecule has 3 rings (SSSR count). The molecule has 3 aromatic rings. The van der Waals surface area contributed by atoms with E-state index in [1.165, 1.54) is 7.11 Å². The van der Waals surface area contributed by atoms with Gasteiger partial charge in [0.1, 0.15) is 11.5 Å². The lowest BCUT2D eigenvalue weighted by Crippen LogP contribution is -2.31. The Balaban J connectivity index is 1.53. The lowest BCUT2D eigenvalue weighted by atomic mass is 10.1. The number of hydrogen-bond donors (Lipinski definition) is 1. The topological polar surface area (TPSA) is 80.6 Å². The van der Waals surface area contributed by atoms with Gasteiger partial charge in [0.2, 0.25) is 0 Å². The summed E-state index contributed by atoms with van der Waals surface area (Å²) in [7, 11) is 1.48. The number of nitrogens with one attached hydrogen (secondary N) is 1. The highest BCUT2D eigenvalue weighted by molar-refractivity contribution is 5.78. The number of ether oxygens (including phenoxy) is 3. The van der Waals surface area contributed by atoms with E-state index in [-0.39, 0.29) is 18.6 Å². The van der Waals surface area contributed by atoms with E-state index < -0.39 is 0 Å². The Morgan fingerprint density at radius 1 is 1.00 bits per heavy atom. The van der Waals surface area contributed by atoms with Gasteiger partial charge in [-0.3, -0.25) is 4.79 Å². The van der Waals surface area contributed by atoms with Crippen LogP contribution in [0.4, 0.5) is 0 Å². The van der Waals surface area contributed by atoms with Gasteiger partial charge in [0.05, 0.1) is 24.8 Å². The molecule has 0 aliphatic rings. The van der Waals surface area contributed by atoms with Gasteiger partial charge < -0.3 is 19.5 Å². The third kappa shape index (κ3) is 5.52. The van der Waals surface area contributed by atoms with Crippen LogP contribution < -0.4 is 19.5 Å². The summed E-state index contributed by atoms with van der Waals surface area (Å²) in [4.78, 5) is 12.3. The average molecular weight is 402 g/mol.